The number of hydrogen-bond acceptors (Lipinski definition) is 3. The quantitative estimate of drug-likeness (QED) is 0.346. The van der Waals surface area contributed by atoms with Gasteiger partial charge in [0.15, 0.2) is 0 Å². The van der Waals surface area contributed by atoms with Crippen molar-refractivity contribution in [2.24, 2.45) is 5.92 Å². The maximum absolute atomic E-state index is 11.8. The molecule has 0 saturated heterocycles. The van der Waals surface area contributed by atoms with Crippen molar-refractivity contribution in [3.8, 4) is 0 Å². The first-order valence-electron chi connectivity index (χ1n) is 7.12. The highest BCUT2D eigenvalue weighted by atomic mass is 16.4. The van der Waals surface area contributed by atoms with E-state index in [-0.39, 0.29) is 18.1 Å². The first kappa shape index (κ1) is 18.4. The fraction of sp³-hybridized carbons (Fsp3) is 0.667. The number of allylic oxidation sites excluding steroid dienone is 2. The van der Waals surface area contributed by atoms with E-state index in [9.17, 15) is 14.4 Å². The molecule has 0 aliphatic rings. The van der Waals surface area contributed by atoms with Crippen LogP contribution in [0.15, 0.2) is 12.2 Å². The van der Waals surface area contributed by atoms with E-state index in [1.165, 1.54) is 0 Å². The first-order chi connectivity index (χ1) is 9.49. The SMILES string of the molecule is CC=CCCCCC(=O)C(C)C(=O)NCCCC(=O)O. The van der Waals surface area contributed by atoms with E-state index in [2.05, 4.69) is 11.4 Å². The molecule has 0 spiro atoms. The lowest BCUT2D eigenvalue weighted by molar-refractivity contribution is -0.138. The second-order valence-corrected chi connectivity index (χ2v) is 4.79. The summed E-state index contributed by atoms with van der Waals surface area (Å²) in [4.78, 5) is 33.8. The van der Waals surface area contributed by atoms with Crippen LogP contribution >= 0.6 is 0 Å². The summed E-state index contributed by atoms with van der Waals surface area (Å²) in [6, 6.07) is 0. The maximum atomic E-state index is 11.8. The van der Waals surface area contributed by atoms with Crippen molar-refractivity contribution >= 4 is 17.7 Å². The average Bonchev–Trinajstić information content (AvgIpc) is 2.41. The van der Waals surface area contributed by atoms with E-state index in [1.54, 1.807) is 6.92 Å². The fourth-order valence-corrected chi connectivity index (χ4v) is 1.70. The van der Waals surface area contributed by atoms with Gasteiger partial charge in [0.25, 0.3) is 0 Å². The van der Waals surface area contributed by atoms with Gasteiger partial charge in [0.2, 0.25) is 5.91 Å². The van der Waals surface area contributed by atoms with Gasteiger partial charge in [-0.2, -0.15) is 0 Å². The highest BCUT2D eigenvalue weighted by Gasteiger charge is 2.20. The van der Waals surface area contributed by atoms with Gasteiger partial charge >= 0.3 is 5.97 Å². The Morgan fingerprint density at radius 1 is 1.15 bits per heavy atom. The Balaban J connectivity index is 3.80. The largest absolute Gasteiger partial charge is 0.481 e. The van der Waals surface area contributed by atoms with E-state index < -0.39 is 11.9 Å². The standard InChI is InChI=1S/C15H25NO4/c1-3-4-5-6-7-9-13(17)12(2)15(20)16-11-8-10-14(18)19/h3-4,12H,5-11H2,1-2H3,(H,16,20)(H,18,19). The summed E-state index contributed by atoms with van der Waals surface area (Å²) in [7, 11) is 0. The predicted octanol–water partition coefficient (Wildman–Crippen LogP) is 2.31. The molecule has 5 heteroatoms. The second-order valence-electron chi connectivity index (χ2n) is 4.79. The molecule has 1 amide bonds. The number of unbranched alkanes of at least 4 members (excludes halogenated alkanes) is 2. The molecule has 0 aromatic carbocycles. The third kappa shape index (κ3) is 9.30. The molecule has 1 atom stereocenters. The molecule has 20 heavy (non-hydrogen) atoms. The molecule has 0 aliphatic heterocycles. The molecule has 0 fully saturated rings. The molecule has 0 radical (unpaired) electrons. The lowest BCUT2D eigenvalue weighted by Gasteiger charge is -2.10. The van der Waals surface area contributed by atoms with E-state index in [1.807, 2.05) is 13.0 Å². The van der Waals surface area contributed by atoms with Gasteiger partial charge in [0.1, 0.15) is 5.78 Å². The zero-order valence-electron chi connectivity index (χ0n) is 12.4. The minimum Gasteiger partial charge on any atom is -0.481 e. The number of carbonyl (C=O) groups excluding carboxylic acids is 2. The Morgan fingerprint density at radius 2 is 1.85 bits per heavy atom. The van der Waals surface area contributed by atoms with Crippen LogP contribution in [0.3, 0.4) is 0 Å². The highest BCUT2D eigenvalue weighted by molar-refractivity contribution is 6.00. The lowest BCUT2D eigenvalue weighted by atomic mass is 10.00. The van der Waals surface area contributed by atoms with Crippen LogP contribution in [0.4, 0.5) is 0 Å². The van der Waals surface area contributed by atoms with E-state index in [0.717, 1.165) is 19.3 Å². The molecular weight excluding hydrogens is 258 g/mol. The smallest absolute Gasteiger partial charge is 0.303 e. The minimum absolute atomic E-state index is 0.0214. The topological polar surface area (TPSA) is 83.5 Å². The number of carbonyl (C=O) groups is 3. The third-order valence-electron chi connectivity index (χ3n) is 3.02. The zero-order valence-corrected chi connectivity index (χ0v) is 12.4. The van der Waals surface area contributed by atoms with Gasteiger partial charge < -0.3 is 10.4 Å². The number of nitrogens with one attached hydrogen (secondary N) is 1. The highest BCUT2D eigenvalue weighted by Crippen LogP contribution is 2.07. The monoisotopic (exact) mass is 283 g/mol. The molecule has 5 nitrogen and oxygen atoms in total. The van der Waals surface area contributed by atoms with E-state index in [0.29, 0.717) is 19.4 Å². The molecule has 0 saturated carbocycles. The van der Waals surface area contributed by atoms with Crippen LogP contribution in [0.25, 0.3) is 0 Å². The molecule has 0 aromatic rings. The van der Waals surface area contributed by atoms with E-state index >= 15 is 0 Å². The minimum atomic E-state index is -0.885. The van der Waals surface area contributed by atoms with Crippen LogP contribution in [-0.2, 0) is 14.4 Å². The van der Waals surface area contributed by atoms with Gasteiger partial charge in [-0.15, -0.1) is 0 Å². The number of hydrogen-bond donors (Lipinski definition) is 2. The van der Waals surface area contributed by atoms with Crippen LogP contribution < -0.4 is 5.32 Å². The van der Waals surface area contributed by atoms with Crippen LogP contribution in [0.1, 0.15) is 52.4 Å². The van der Waals surface area contributed by atoms with Crippen LogP contribution in [-0.4, -0.2) is 29.3 Å². The number of Topliss-reactive ketones (excluding diaryl/α,β-unsaturated/α-hetero) is 1. The van der Waals surface area contributed by atoms with E-state index in [4.69, 9.17) is 5.11 Å². The van der Waals surface area contributed by atoms with Crippen molar-refractivity contribution in [2.75, 3.05) is 6.54 Å². The summed E-state index contributed by atoms with van der Waals surface area (Å²) in [5.74, 6) is -1.90. The Labute approximate surface area is 120 Å². The summed E-state index contributed by atoms with van der Waals surface area (Å²) in [6.07, 6.45) is 7.56. The van der Waals surface area contributed by atoms with Gasteiger partial charge in [0, 0.05) is 19.4 Å². The van der Waals surface area contributed by atoms with Crippen LogP contribution in [0.5, 0.6) is 0 Å². The Hall–Kier alpha value is -1.65. The summed E-state index contributed by atoms with van der Waals surface area (Å²) >= 11 is 0. The fourth-order valence-electron chi connectivity index (χ4n) is 1.70. The molecule has 0 bridgehead atoms. The summed E-state index contributed by atoms with van der Waals surface area (Å²) < 4.78 is 0. The molecule has 0 rings (SSSR count). The molecule has 0 aliphatic carbocycles. The van der Waals surface area contributed by atoms with Crippen molar-refractivity contribution in [1.82, 2.24) is 5.32 Å². The van der Waals surface area contributed by atoms with Gasteiger partial charge in [0.05, 0.1) is 5.92 Å². The van der Waals surface area contributed by atoms with Crippen molar-refractivity contribution in [1.29, 1.82) is 0 Å². The van der Waals surface area contributed by atoms with Crippen molar-refractivity contribution in [2.45, 2.75) is 52.4 Å². The number of rotatable bonds is 11. The Morgan fingerprint density at radius 3 is 2.45 bits per heavy atom. The number of carboxylic acids is 1. The zero-order chi connectivity index (χ0) is 15.4. The maximum Gasteiger partial charge on any atom is 0.303 e. The first-order valence-corrected chi connectivity index (χ1v) is 7.12. The number of amides is 1. The molecular formula is C15H25NO4. The third-order valence-corrected chi connectivity index (χ3v) is 3.02. The van der Waals surface area contributed by atoms with Crippen molar-refractivity contribution in [3.63, 3.8) is 0 Å². The molecule has 1 unspecified atom stereocenters. The number of ketones is 1. The molecule has 2 N–H and O–H groups in total. The van der Waals surface area contributed by atoms with Gasteiger partial charge in [-0.25, -0.2) is 0 Å². The van der Waals surface area contributed by atoms with Crippen LogP contribution in [0, 0.1) is 5.92 Å². The molecule has 0 heterocycles. The average molecular weight is 283 g/mol. The Kier molecular flexibility index (Phi) is 10.3. The Bertz CT molecular complexity index is 350. The van der Waals surface area contributed by atoms with Gasteiger partial charge in [-0.1, -0.05) is 12.2 Å². The summed E-state index contributed by atoms with van der Waals surface area (Å²) in [5.41, 5.74) is 0. The second kappa shape index (κ2) is 11.2. The lowest BCUT2D eigenvalue weighted by Crippen LogP contribution is -2.34. The van der Waals surface area contributed by atoms with Crippen LogP contribution in [0.2, 0.25) is 0 Å². The summed E-state index contributed by atoms with van der Waals surface area (Å²) in [5, 5.41) is 11.1. The van der Waals surface area contributed by atoms with Gasteiger partial charge in [-0.05, 0) is 39.5 Å². The number of aliphatic carboxylic acids is 1. The summed E-state index contributed by atoms with van der Waals surface area (Å²) in [6.45, 7) is 3.85. The van der Waals surface area contributed by atoms with Crippen molar-refractivity contribution < 1.29 is 19.5 Å². The normalized spacial score (nSPS) is 12.3. The predicted molar refractivity (Wildman–Crippen MR) is 77.3 cm³/mol. The molecule has 0 aromatic heterocycles. The van der Waals surface area contributed by atoms with Gasteiger partial charge in [-0.3, -0.25) is 14.4 Å². The number of carboxylic acid groups (broad SMARTS) is 1. The molecule has 114 valence electrons. The van der Waals surface area contributed by atoms with Crippen molar-refractivity contribution in [3.05, 3.63) is 12.2 Å².